The van der Waals surface area contributed by atoms with Crippen molar-refractivity contribution in [2.75, 3.05) is 0 Å². The third kappa shape index (κ3) is 2.91. The van der Waals surface area contributed by atoms with Crippen LogP contribution in [0, 0.1) is 13.8 Å². The largest absolute Gasteiger partial charge is 0.384 e. The maximum Gasteiger partial charge on any atom is 0.102 e. The highest BCUT2D eigenvalue weighted by Gasteiger charge is 2.17. The molecule has 1 atom stereocenters. The minimum atomic E-state index is -0.498. The van der Waals surface area contributed by atoms with Crippen LogP contribution in [0.2, 0.25) is 0 Å². The van der Waals surface area contributed by atoms with Crippen LogP contribution in [0.25, 0.3) is 0 Å². The molecule has 1 aromatic heterocycles. The number of nitrogens with zero attached hydrogens (tertiary/aromatic N) is 2. The predicted octanol–water partition coefficient (Wildman–Crippen LogP) is 3.02. The SMILES string of the molecule is Cc1cc(C(O)C2=CCCCCC2)c(C)nn1. The van der Waals surface area contributed by atoms with Gasteiger partial charge in [-0.05, 0) is 51.2 Å². The summed E-state index contributed by atoms with van der Waals surface area (Å²) in [4.78, 5) is 0. The third-order valence-electron chi connectivity index (χ3n) is 3.36. The lowest BCUT2D eigenvalue weighted by atomic mass is 9.97. The van der Waals surface area contributed by atoms with Gasteiger partial charge in [-0.1, -0.05) is 12.5 Å². The molecule has 0 aromatic carbocycles. The number of allylic oxidation sites excluding steroid dienone is 1. The predicted molar refractivity (Wildman–Crippen MR) is 67.6 cm³/mol. The van der Waals surface area contributed by atoms with Crippen LogP contribution < -0.4 is 0 Å². The van der Waals surface area contributed by atoms with Gasteiger partial charge >= 0.3 is 0 Å². The van der Waals surface area contributed by atoms with Crippen LogP contribution in [0.1, 0.15) is 55.2 Å². The first-order chi connectivity index (χ1) is 8.18. The molecule has 17 heavy (non-hydrogen) atoms. The van der Waals surface area contributed by atoms with Crippen molar-refractivity contribution < 1.29 is 5.11 Å². The molecule has 0 radical (unpaired) electrons. The van der Waals surface area contributed by atoms with E-state index in [0.717, 1.165) is 35.4 Å². The Morgan fingerprint density at radius 2 is 2.00 bits per heavy atom. The third-order valence-corrected chi connectivity index (χ3v) is 3.36. The van der Waals surface area contributed by atoms with Crippen molar-refractivity contribution in [1.82, 2.24) is 10.2 Å². The molecule has 92 valence electrons. The van der Waals surface area contributed by atoms with Gasteiger partial charge in [-0.25, -0.2) is 0 Å². The molecule has 0 saturated heterocycles. The van der Waals surface area contributed by atoms with Gasteiger partial charge in [0.1, 0.15) is 6.10 Å². The van der Waals surface area contributed by atoms with Crippen molar-refractivity contribution in [3.05, 3.63) is 34.7 Å². The second kappa shape index (κ2) is 5.41. The monoisotopic (exact) mass is 232 g/mol. The zero-order valence-electron chi connectivity index (χ0n) is 10.6. The summed E-state index contributed by atoms with van der Waals surface area (Å²) < 4.78 is 0. The number of aliphatic hydroxyl groups excluding tert-OH is 1. The molecule has 0 saturated carbocycles. The van der Waals surface area contributed by atoms with Crippen molar-refractivity contribution in [1.29, 1.82) is 0 Å². The highest BCUT2D eigenvalue weighted by atomic mass is 16.3. The van der Waals surface area contributed by atoms with E-state index in [1.54, 1.807) is 0 Å². The van der Waals surface area contributed by atoms with Gasteiger partial charge in [0.05, 0.1) is 11.4 Å². The topological polar surface area (TPSA) is 46.0 Å². The molecule has 0 aliphatic heterocycles. The Bertz CT molecular complexity index is 426. The van der Waals surface area contributed by atoms with E-state index in [1.807, 2.05) is 19.9 Å². The van der Waals surface area contributed by atoms with Crippen molar-refractivity contribution in [2.45, 2.75) is 52.1 Å². The van der Waals surface area contributed by atoms with Gasteiger partial charge in [-0.15, -0.1) is 0 Å². The fourth-order valence-corrected chi connectivity index (χ4v) is 2.33. The number of hydrogen-bond acceptors (Lipinski definition) is 3. The van der Waals surface area contributed by atoms with Crippen LogP contribution in [0.15, 0.2) is 17.7 Å². The van der Waals surface area contributed by atoms with Gasteiger partial charge in [-0.3, -0.25) is 0 Å². The summed E-state index contributed by atoms with van der Waals surface area (Å²) >= 11 is 0. The van der Waals surface area contributed by atoms with Crippen molar-refractivity contribution >= 4 is 0 Å². The van der Waals surface area contributed by atoms with Gasteiger partial charge in [0.2, 0.25) is 0 Å². The maximum absolute atomic E-state index is 10.4. The molecule has 1 aliphatic carbocycles. The van der Waals surface area contributed by atoms with Gasteiger partial charge in [0, 0.05) is 5.56 Å². The highest BCUT2D eigenvalue weighted by Crippen LogP contribution is 2.30. The fourth-order valence-electron chi connectivity index (χ4n) is 2.33. The first-order valence-corrected chi connectivity index (χ1v) is 6.36. The summed E-state index contributed by atoms with van der Waals surface area (Å²) in [7, 11) is 0. The Kier molecular flexibility index (Phi) is 3.89. The number of rotatable bonds is 2. The molecular formula is C14H20N2O. The smallest absolute Gasteiger partial charge is 0.102 e. The van der Waals surface area contributed by atoms with Crippen LogP contribution in [0.3, 0.4) is 0 Å². The van der Waals surface area contributed by atoms with Crippen LogP contribution in [0.4, 0.5) is 0 Å². The lowest BCUT2D eigenvalue weighted by molar-refractivity contribution is 0.209. The van der Waals surface area contributed by atoms with E-state index in [2.05, 4.69) is 16.3 Å². The standard InChI is InChI=1S/C14H20N2O/c1-10-9-13(11(2)16-15-10)14(17)12-7-5-3-4-6-8-12/h7,9,14,17H,3-6,8H2,1-2H3. The second-order valence-corrected chi connectivity index (χ2v) is 4.81. The Morgan fingerprint density at radius 1 is 1.18 bits per heavy atom. The minimum Gasteiger partial charge on any atom is -0.384 e. The molecule has 1 aromatic rings. The van der Waals surface area contributed by atoms with Gasteiger partial charge in [0.25, 0.3) is 0 Å². The van der Waals surface area contributed by atoms with Crippen LogP contribution in [-0.2, 0) is 0 Å². The van der Waals surface area contributed by atoms with Gasteiger partial charge in [0.15, 0.2) is 0 Å². The average Bonchev–Trinajstić information content (AvgIpc) is 2.60. The van der Waals surface area contributed by atoms with E-state index in [1.165, 1.54) is 19.3 Å². The van der Waals surface area contributed by atoms with Crippen LogP contribution in [0.5, 0.6) is 0 Å². The first kappa shape index (κ1) is 12.2. The summed E-state index contributed by atoms with van der Waals surface area (Å²) in [6.07, 6.45) is 7.47. The first-order valence-electron chi connectivity index (χ1n) is 6.36. The number of aliphatic hydroxyl groups is 1. The molecule has 1 N–H and O–H groups in total. The summed E-state index contributed by atoms with van der Waals surface area (Å²) in [6.45, 7) is 3.81. The van der Waals surface area contributed by atoms with Crippen molar-refractivity contribution in [2.24, 2.45) is 0 Å². The molecule has 0 spiro atoms. The Labute approximate surface area is 103 Å². The van der Waals surface area contributed by atoms with E-state index in [0.29, 0.717) is 0 Å². The minimum absolute atomic E-state index is 0.498. The summed E-state index contributed by atoms with van der Waals surface area (Å²) in [6, 6.07) is 1.94. The zero-order chi connectivity index (χ0) is 12.3. The molecule has 2 rings (SSSR count). The normalized spacial score (nSPS) is 18.4. The Morgan fingerprint density at radius 3 is 2.82 bits per heavy atom. The second-order valence-electron chi connectivity index (χ2n) is 4.81. The Hall–Kier alpha value is -1.22. The molecule has 0 amide bonds. The molecule has 0 fully saturated rings. The highest BCUT2D eigenvalue weighted by molar-refractivity contribution is 5.29. The molecule has 3 heteroatoms. The van der Waals surface area contributed by atoms with Gasteiger partial charge < -0.3 is 5.11 Å². The summed E-state index contributed by atoms with van der Waals surface area (Å²) in [5, 5.41) is 18.5. The maximum atomic E-state index is 10.4. The quantitative estimate of drug-likeness (QED) is 0.797. The molecule has 1 unspecified atom stereocenters. The summed E-state index contributed by atoms with van der Waals surface area (Å²) in [5.74, 6) is 0. The number of aryl methyl sites for hydroxylation is 2. The lowest BCUT2D eigenvalue weighted by Crippen LogP contribution is -2.07. The van der Waals surface area contributed by atoms with Crippen molar-refractivity contribution in [3.63, 3.8) is 0 Å². The lowest BCUT2D eigenvalue weighted by Gasteiger charge is -2.16. The molecular weight excluding hydrogens is 212 g/mol. The average molecular weight is 232 g/mol. The van der Waals surface area contributed by atoms with E-state index in [-0.39, 0.29) is 0 Å². The molecule has 1 heterocycles. The number of aromatic nitrogens is 2. The van der Waals surface area contributed by atoms with Gasteiger partial charge in [-0.2, -0.15) is 10.2 Å². The van der Waals surface area contributed by atoms with Crippen molar-refractivity contribution in [3.8, 4) is 0 Å². The Balaban J connectivity index is 2.26. The molecule has 0 bridgehead atoms. The van der Waals surface area contributed by atoms with E-state index in [9.17, 15) is 5.11 Å². The fraction of sp³-hybridized carbons (Fsp3) is 0.571. The van der Waals surface area contributed by atoms with E-state index >= 15 is 0 Å². The van der Waals surface area contributed by atoms with E-state index < -0.39 is 6.10 Å². The molecule has 3 nitrogen and oxygen atoms in total. The van der Waals surface area contributed by atoms with Crippen LogP contribution >= 0.6 is 0 Å². The van der Waals surface area contributed by atoms with Crippen LogP contribution in [-0.4, -0.2) is 15.3 Å². The molecule has 1 aliphatic rings. The summed E-state index contributed by atoms with van der Waals surface area (Å²) in [5.41, 5.74) is 3.75. The zero-order valence-corrected chi connectivity index (χ0v) is 10.6. The van der Waals surface area contributed by atoms with E-state index in [4.69, 9.17) is 0 Å². The number of hydrogen-bond donors (Lipinski definition) is 1.